The molecule has 21 heavy (non-hydrogen) atoms. The standard InChI is InChI=1S/C13H19ClN2O4S/c1-8-5-10(14)12(6-11(8)15)21(18,19)16(3)7-9(2)13(17)20-4/h5-6,9H,7,15H2,1-4H3. The molecule has 0 aliphatic rings. The molecular formula is C13H19ClN2O4S. The molecule has 1 atom stereocenters. The van der Waals surface area contributed by atoms with Crippen LogP contribution >= 0.6 is 11.6 Å². The molecule has 0 bridgehead atoms. The van der Waals surface area contributed by atoms with E-state index < -0.39 is 21.9 Å². The Hall–Kier alpha value is -1.31. The molecular weight excluding hydrogens is 316 g/mol. The lowest BCUT2D eigenvalue weighted by Gasteiger charge is -2.21. The van der Waals surface area contributed by atoms with Crippen LogP contribution in [0.5, 0.6) is 0 Å². The predicted molar refractivity (Wildman–Crippen MR) is 81.6 cm³/mol. The Morgan fingerprint density at radius 2 is 2.05 bits per heavy atom. The van der Waals surface area contributed by atoms with Crippen LogP contribution in [0.4, 0.5) is 5.69 Å². The molecule has 1 rings (SSSR count). The van der Waals surface area contributed by atoms with Crippen molar-refractivity contribution in [2.45, 2.75) is 18.7 Å². The highest BCUT2D eigenvalue weighted by Crippen LogP contribution is 2.29. The summed E-state index contributed by atoms with van der Waals surface area (Å²) in [6.45, 7) is 3.31. The fraction of sp³-hybridized carbons (Fsp3) is 0.462. The maximum atomic E-state index is 12.5. The Balaban J connectivity index is 3.11. The highest BCUT2D eigenvalue weighted by Gasteiger charge is 2.27. The zero-order valence-corrected chi connectivity index (χ0v) is 14.0. The maximum absolute atomic E-state index is 12.5. The SMILES string of the molecule is COC(=O)C(C)CN(C)S(=O)(=O)c1cc(N)c(C)cc1Cl. The van der Waals surface area contributed by atoms with Crippen molar-refractivity contribution in [3.05, 3.63) is 22.7 Å². The molecule has 0 aliphatic carbocycles. The third-order valence-corrected chi connectivity index (χ3v) is 5.43. The van der Waals surface area contributed by atoms with Gasteiger partial charge in [0.15, 0.2) is 0 Å². The minimum absolute atomic E-state index is 0.0148. The normalized spacial score (nSPS) is 13.2. The van der Waals surface area contributed by atoms with Gasteiger partial charge in [-0.1, -0.05) is 18.5 Å². The minimum atomic E-state index is -3.83. The topological polar surface area (TPSA) is 89.7 Å². The van der Waals surface area contributed by atoms with E-state index in [1.54, 1.807) is 13.8 Å². The zero-order valence-electron chi connectivity index (χ0n) is 12.4. The van der Waals surface area contributed by atoms with Crippen molar-refractivity contribution >= 4 is 33.3 Å². The Morgan fingerprint density at radius 1 is 1.48 bits per heavy atom. The van der Waals surface area contributed by atoms with E-state index in [9.17, 15) is 13.2 Å². The number of carbonyl (C=O) groups is 1. The number of rotatable bonds is 5. The molecule has 118 valence electrons. The average Bonchev–Trinajstić information content (AvgIpc) is 2.41. The third-order valence-electron chi connectivity index (χ3n) is 3.14. The molecule has 0 saturated carbocycles. The van der Waals surface area contributed by atoms with E-state index in [4.69, 9.17) is 17.3 Å². The number of esters is 1. The van der Waals surface area contributed by atoms with E-state index in [1.807, 2.05) is 0 Å². The Kier molecular flexibility index (Phi) is 5.61. The van der Waals surface area contributed by atoms with Gasteiger partial charge in [0.2, 0.25) is 10.0 Å². The number of nitrogens with two attached hydrogens (primary N) is 1. The molecule has 0 heterocycles. The minimum Gasteiger partial charge on any atom is -0.469 e. The van der Waals surface area contributed by atoms with Crippen molar-refractivity contribution in [2.75, 3.05) is 26.4 Å². The number of ether oxygens (including phenoxy) is 1. The third kappa shape index (κ3) is 3.87. The van der Waals surface area contributed by atoms with Gasteiger partial charge in [-0.15, -0.1) is 0 Å². The van der Waals surface area contributed by atoms with Gasteiger partial charge in [0.05, 0.1) is 18.1 Å². The highest BCUT2D eigenvalue weighted by atomic mass is 35.5. The number of anilines is 1. The fourth-order valence-corrected chi connectivity index (χ4v) is 3.64. The fourth-order valence-electron chi connectivity index (χ4n) is 1.79. The number of methoxy groups -OCH3 is 1. The molecule has 0 amide bonds. The Labute approximate surface area is 129 Å². The van der Waals surface area contributed by atoms with Crippen LogP contribution in [0.15, 0.2) is 17.0 Å². The van der Waals surface area contributed by atoms with E-state index in [0.717, 1.165) is 4.31 Å². The molecule has 0 saturated heterocycles. The molecule has 0 aromatic heterocycles. The molecule has 1 aromatic rings. The van der Waals surface area contributed by atoms with Crippen molar-refractivity contribution in [1.29, 1.82) is 0 Å². The van der Waals surface area contributed by atoms with Crippen molar-refractivity contribution in [2.24, 2.45) is 5.92 Å². The number of aryl methyl sites for hydroxylation is 1. The van der Waals surface area contributed by atoms with Crippen LogP contribution < -0.4 is 5.73 Å². The summed E-state index contributed by atoms with van der Waals surface area (Å²) in [4.78, 5) is 11.3. The van der Waals surface area contributed by atoms with Crippen molar-refractivity contribution in [3.63, 3.8) is 0 Å². The summed E-state index contributed by atoms with van der Waals surface area (Å²) in [5.41, 5.74) is 6.78. The highest BCUT2D eigenvalue weighted by molar-refractivity contribution is 7.89. The number of carbonyl (C=O) groups excluding carboxylic acids is 1. The van der Waals surface area contributed by atoms with Crippen molar-refractivity contribution < 1.29 is 17.9 Å². The van der Waals surface area contributed by atoms with Crippen LogP contribution in [0.3, 0.4) is 0 Å². The first-order chi connectivity index (χ1) is 9.61. The molecule has 0 aliphatic heterocycles. The van der Waals surface area contributed by atoms with Crippen molar-refractivity contribution in [3.8, 4) is 0 Å². The van der Waals surface area contributed by atoms with E-state index in [0.29, 0.717) is 11.3 Å². The van der Waals surface area contributed by atoms with Gasteiger partial charge in [0.25, 0.3) is 0 Å². The molecule has 0 spiro atoms. The van der Waals surface area contributed by atoms with Crippen LogP contribution in [0.2, 0.25) is 5.02 Å². The second-order valence-electron chi connectivity index (χ2n) is 4.85. The number of hydrogen-bond donors (Lipinski definition) is 1. The number of halogens is 1. The van der Waals surface area contributed by atoms with Crippen LogP contribution in [0.1, 0.15) is 12.5 Å². The number of hydrogen-bond acceptors (Lipinski definition) is 5. The maximum Gasteiger partial charge on any atom is 0.309 e. The average molecular weight is 335 g/mol. The largest absolute Gasteiger partial charge is 0.469 e. The Morgan fingerprint density at radius 3 is 2.57 bits per heavy atom. The van der Waals surface area contributed by atoms with Gasteiger partial charge < -0.3 is 10.5 Å². The molecule has 2 N–H and O–H groups in total. The number of nitrogens with zero attached hydrogens (tertiary/aromatic N) is 1. The van der Waals surface area contributed by atoms with Gasteiger partial charge in [-0.3, -0.25) is 4.79 Å². The smallest absolute Gasteiger partial charge is 0.309 e. The Bertz CT molecular complexity index is 646. The molecule has 8 heteroatoms. The summed E-state index contributed by atoms with van der Waals surface area (Å²) in [6.07, 6.45) is 0. The van der Waals surface area contributed by atoms with Gasteiger partial charge in [-0.2, -0.15) is 0 Å². The lowest BCUT2D eigenvalue weighted by Crippen LogP contribution is -2.34. The van der Waals surface area contributed by atoms with Gasteiger partial charge in [0, 0.05) is 19.3 Å². The van der Waals surface area contributed by atoms with Gasteiger partial charge in [0.1, 0.15) is 4.90 Å². The molecule has 1 unspecified atom stereocenters. The van der Waals surface area contributed by atoms with Gasteiger partial charge in [-0.25, -0.2) is 12.7 Å². The number of sulfonamides is 1. The summed E-state index contributed by atoms with van der Waals surface area (Å²) < 4.78 is 30.6. The molecule has 0 fully saturated rings. The van der Waals surface area contributed by atoms with Crippen LogP contribution in [-0.4, -0.2) is 39.4 Å². The van der Waals surface area contributed by atoms with Gasteiger partial charge >= 0.3 is 5.97 Å². The summed E-state index contributed by atoms with van der Waals surface area (Å²) in [7, 11) is -1.20. The van der Waals surface area contributed by atoms with Gasteiger partial charge in [-0.05, 0) is 24.6 Å². The van der Waals surface area contributed by atoms with E-state index in [1.165, 1.54) is 26.3 Å². The van der Waals surface area contributed by atoms with E-state index >= 15 is 0 Å². The summed E-state index contributed by atoms with van der Waals surface area (Å²) >= 11 is 6.00. The summed E-state index contributed by atoms with van der Waals surface area (Å²) in [6, 6.07) is 2.83. The monoisotopic (exact) mass is 334 g/mol. The number of benzene rings is 1. The second kappa shape index (κ2) is 6.64. The summed E-state index contributed by atoms with van der Waals surface area (Å²) in [5, 5.41) is 0.0965. The molecule has 6 nitrogen and oxygen atoms in total. The van der Waals surface area contributed by atoms with Crippen molar-refractivity contribution in [1.82, 2.24) is 4.31 Å². The van der Waals surface area contributed by atoms with Crippen LogP contribution in [0.25, 0.3) is 0 Å². The quantitative estimate of drug-likeness (QED) is 0.653. The lowest BCUT2D eigenvalue weighted by molar-refractivity contribution is -0.144. The number of nitrogen functional groups attached to an aromatic ring is 1. The first-order valence-corrected chi connectivity index (χ1v) is 8.02. The lowest BCUT2D eigenvalue weighted by atomic mass is 10.2. The predicted octanol–water partition coefficient (Wildman–Crippen LogP) is 1.66. The first-order valence-electron chi connectivity index (χ1n) is 6.21. The zero-order chi connectivity index (χ0) is 16.4. The molecule has 0 radical (unpaired) electrons. The molecule has 1 aromatic carbocycles. The first kappa shape index (κ1) is 17.7. The van der Waals surface area contributed by atoms with E-state index in [-0.39, 0.29) is 16.5 Å². The van der Waals surface area contributed by atoms with E-state index in [2.05, 4.69) is 4.74 Å². The second-order valence-corrected chi connectivity index (χ2v) is 7.27. The van der Waals surface area contributed by atoms with Crippen LogP contribution in [-0.2, 0) is 19.6 Å². The van der Waals surface area contributed by atoms with Crippen LogP contribution in [0, 0.1) is 12.8 Å². The summed E-state index contributed by atoms with van der Waals surface area (Å²) in [5.74, 6) is -1.07.